The molecule has 0 radical (unpaired) electrons. The van der Waals surface area contributed by atoms with Gasteiger partial charge in [0.1, 0.15) is 0 Å². The predicted molar refractivity (Wildman–Crippen MR) is 97.9 cm³/mol. The van der Waals surface area contributed by atoms with Crippen LogP contribution >= 0.6 is 20.7 Å². The van der Waals surface area contributed by atoms with Gasteiger partial charge in [-0.3, -0.25) is 4.79 Å². The predicted octanol–water partition coefficient (Wildman–Crippen LogP) is 5.10. The highest BCUT2D eigenvalue weighted by Crippen LogP contribution is 2.60. The summed E-state index contributed by atoms with van der Waals surface area (Å²) in [5.74, 6) is 2.51. The third-order valence-electron chi connectivity index (χ3n) is 6.54. The molecule has 0 saturated heterocycles. The molecule has 3 heteroatoms. The average molecular weight is 412 g/mol. The Kier molecular flexibility index (Phi) is 3.82. The minimum atomic E-state index is -0.257. The summed E-state index contributed by atoms with van der Waals surface area (Å²) in [6.45, 7) is 4.06. The fourth-order valence-electron chi connectivity index (χ4n) is 5.55. The van der Waals surface area contributed by atoms with Crippen LogP contribution < -0.4 is 0 Å². The van der Waals surface area contributed by atoms with Crippen molar-refractivity contribution in [3.63, 3.8) is 0 Å². The topological polar surface area (TPSA) is 26.3 Å². The van der Waals surface area contributed by atoms with Crippen LogP contribution in [-0.4, -0.2) is 9.98 Å². The molecule has 2 fully saturated rings. The van der Waals surface area contributed by atoms with Crippen molar-refractivity contribution in [2.75, 3.05) is 0 Å². The Hall–Kier alpha value is -0.450. The zero-order valence-electron chi connectivity index (χ0n) is 13.5. The molecule has 0 spiro atoms. The fraction of sp³-hybridized carbons (Fsp3) is 0.684. The first-order chi connectivity index (χ1) is 10.6. The summed E-state index contributed by atoms with van der Waals surface area (Å²) in [6.07, 6.45) is 11.9. The Labute approximate surface area is 143 Å². The lowest BCUT2D eigenvalue weighted by Gasteiger charge is -2.49. The van der Waals surface area contributed by atoms with Crippen molar-refractivity contribution < 1.29 is 9.53 Å². The van der Waals surface area contributed by atoms with Crippen molar-refractivity contribution in [3.8, 4) is 0 Å². The van der Waals surface area contributed by atoms with Gasteiger partial charge in [-0.1, -0.05) is 13.3 Å². The van der Waals surface area contributed by atoms with Crippen LogP contribution in [0.25, 0.3) is 0 Å². The van der Waals surface area contributed by atoms with Gasteiger partial charge in [-0.2, -0.15) is 0 Å². The maximum absolute atomic E-state index is 11.2. The van der Waals surface area contributed by atoms with E-state index < -0.39 is 0 Å². The molecule has 0 unspecified atom stereocenters. The van der Waals surface area contributed by atoms with Crippen molar-refractivity contribution >= 4 is 30.7 Å². The lowest BCUT2D eigenvalue weighted by molar-refractivity contribution is -0.135. The number of carbonyl (C=O) groups excluding carboxylic acids is 1. The molecule has 3 aliphatic carbocycles. The second-order valence-corrected chi connectivity index (χ2v) is 10.1. The summed E-state index contributed by atoms with van der Waals surface area (Å²) in [4.78, 5) is 11.2. The monoisotopic (exact) mass is 412 g/mol. The van der Waals surface area contributed by atoms with Gasteiger partial charge in [0.05, 0.1) is 0 Å². The number of hydrogen-bond acceptors (Lipinski definition) is 2. The summed E-state index contributed by atoms with van der Waals surface area (Å²) in [7, 11) is 0. The largest absolute Gasteiger partial charge is 0.421 e. The van der Waals surface area contributed by atoms with Crippen LogP contribution in [0.3, 0.4) is 0 Å². The average Bonchev–Trinajstić information content (AvgIpc) is 2.88. The van der Waals surface area contributed by atoms with Crippen molar-refractivity contribution in [3.05, 3.63) is 21.0 Å². The normalized spacial score (nSPS) is 40.1. The van der Waals surface area contributed by atoms with Crippen molar-refractivity contribution in [2.24, 2.45) is 23.2 Å². The number of halogens is 1. The Balaban J connectivity index is 1.62. The molecular weight excluding hydrogens is 387 g/mol. The lowest BCUT2D eigenvalue weighted by Crippen LogP contribution is -2.41. The maximum Gasteiger partial charge on any atom is 0.308 e. The standard InChI is InChI=1S/C19H25IO2/c1-12(21)22-18-10-13-5-6-15-14(16(13)11-20-18)7-9-19(2)8-3-4-17(15)19/h10-11,14-15,17H,3-9H2,1-2H3/t14-,15+,17-,19-/m0/s1. The molecule has 0 amide bonds. The van der Waals surface area contributed by atoms with E-state index in [1.54, 1.807) is 5.57 Å². The third kappa shape index (κ3) is 2.44. The number of fused-ring (bicyclic) bond motifs is 4. The number of rotatable bonds is 1. The van der Waals surface area contributed by atoms with Crippen molar-refractivity contribution in [1.29, 1.82) is 0 Å². The van der Waals surface area contributed by atoms with Crippen LogP contribution in [0.5, 0.6) is 0 Å². The van der Waals surface area contributed by atoms with Crippen LogP contribution in [0, 0.1) is 23.2 Å². The number of carbonyl (C=O) groups is 1. The van der Waals surface area contributed by atoms with Gasteiger partial charge < -0.3 is 4.74 Å². The molecule has 0 N–H and O–H groups in total. The highest BCUT2D eigenvalue weighted by atomic mass is 127. The van der Waals surface area contributed by atoms with E-state index in [4.69, 9.17) is 4.74 Å². The molecule has 0 aromatic carbocycles. The molecule has 1 heterocycles. The molecule has 22 heavy (non-hydrogen) atoms. The SMILES string of the molecule is CC(=O)OC1=CC2=C(C=I1)[C@H]1CC[C@]3(C)CCC[C@H]3[C@@H]1CC2. The minimum Gasteiger partial charge on any atom is -0.421 e. The summed E-state index contributed by atoms with van der Waals surface area (Å²) >= 11 is -0.257. The Bertz CT molecular complexity index is 601. The Morgan fingerprint density at radius 2 is 2.18 bits per heavy atom. The first-order valence-electron chi connectivity index (χ1n) is 8.67. The molecule has 0 aromatic heterocycles. The van der Waals surface area contributed by atoms with E-state index in [0.29, 0.717) is 5.41 Å². The van der Waals surface area contributed by atoms with Crippen LogP contribution in [0.15, 0.2) is 21.0 Å². The highest BCUT2D eigenvalue weighted by molar-refractivity contribution is 14.2. The van der Waals surface area contributed by atoms with E-state index in [2.05, 4.69) is 17.0 Å². The van der Waals surface area contributed by atoms with Crippen LogP contribution in [0.1, 0.15) is 58.8 Å². The second kappa shape index (κ2) is 5.57. The number of ether oxygens (including phenoxy) is 1. The molecule has 4 aliphatic rings. The van der Waals surface area contributed by atoms with E-state index in [1.807, 2.05) is 0 Å². The van der Waals surface area contributed by atoms with Gasteiger partial charge in [-0.25, -0.2) is 0 Å². The summed E-state index contributed by atoms with van der Waals surface area (Å²) in [6, 6.07) is 0. The molecular formula is C19H25IO2. The van der Waals surface area contributed by atoms with Crippen LogP contribution in [0.4, 0.5) is 0 Å². The van der Waals surface area contributed by atoms with E-state index in [1.165, 1.54) is 57.4 Å². The van der Waals surface area contributed by atoms with Gasteiger partial charge in [0.2, 0.25) is 0 Å². The van der Waals surface area contributed by atoms with E-state index in [9.17, 15) is 4.79 Å². The Morgan fingerprint density at radius 1 is 1.32 bits per heavy atom. The van der Waals surface area contributed by atoms with Crippen LogP contribution in [0.2, 0.25) is 0 Å². The zero-order chi connectivity index (χ0) is 15.3. The van der Waals surface area contributed by atoms with Gasteiger partial charge in [0.15, 0.2) is 3.77 Å². The van der Waals surface area contributed by atoms with Gasteiger partial charge in [0, 0.05) is 6.92 Å². The Morgan fingerprint density at radius 3 is 3.00 bits per heavy atom. The first kappa shape index (κ1) is 15.1. The summed E-state index contributed by atoms with van der Waals surface area (Å²) in [5.41, 5.74) is 3.76. The van der Waals surface area contributed by atoms with Gasteiger partial charge >= 0.3 is 5.97 Å². The molecule has 1 aliphatic heterocycles. The number of hydrogen-bond donors (Lipinski definition) is 0. The molecule has 0 bridgehead atoms. The van der Waals surface area contributed by atoms with Crippen LogP contribution in [-0.2, 0) is 9.53 Å². The van der Waals surface area contributed by atoms with E-state index >= 15 is 0 Å². The fourth-order valence-corrected chi connectivity index (χ4v) is 8.05. The molecule has 2 saturated carbocycles. The first-order valence-corrected chi connectivity index (χ1v) is 11.0. The summed E-state index contributed by atoms with van der Waals surface area (Å²) in [5, 5.41) is 0. The lowest BCUT2D eigenvalue weighted by atomic mass is 9.56. The van der Waals surface area contributed by atoms with Gasteiger partial charge in [0.25, 0.3) is 0 Å². The molecule has 4 rings (SSSR count). The molecule has 4 atom stereocenters. The van der Waals surface area contributed by atoms with Crippen molar-refractivity contribution in [1.82, 2.24) is 0 Å². The zero-order valence-corrected chi connectivity index (χ0v) is 15.7. The van der Waals surface area contributed by atoms with Crippen molar-refractivity contribution in [2.45, 2.75) is 58.8 Å². The molecule has 120 valence electrons. The molecule has 0 aromatic rings. The summed E-state index contributed by atoms with van der Waals surface area (Å²) < 4.78 is 8.79. The molecule has 2 nitrogen and oxygen atoms in total. The third-order valence-corrected chi connectivity index (χ3v) is 8.67. The van der Waals surface area contributed by atoms with E-state index in [0.717, 1.165) is 21.5 Å². The van der Waals surface area contributed by atoms with Gasteiger partial charge in [-0.15, -0.1) is 0 Å². The quantitative estimate of drug-likeness (QED) is 0.443. The van der Waals surface area contributed by atoms with Gasteiger partial charge in [-0.05, 0) is 104 Å². The highest BCUT2D eigenvalue weighted by Gasteiger charge is 2.50. The minimum absolute atomic E-state index is 0.170. The smallest absolute Gasteiger partial charge is 0.308 e. The maximum atomic E-state index is 11.2. The van der Waals surface area contributed by atoms with E-state index in [-0.39, 0.29) is 26.7 Å². The second-order valence-electron chi connectivity index (χ2n) is 7.74. The number of esters is 1. The number of allylic oxidation sites excluding steroid dienone is 3.